The third kappa shape index (κ3) is 4.49. The lowest BCUT2D eigenvalue weighted by Gasteiger charge is -2.09. The number of fused-ring (bicyclic) bond motifs is 1. The van der Waals surface area contributed by atoms with Crippen LogP contribution in [0.5, 0.6) is 5.75 Å². The van der Waals surface area contributed by atoms with E-state index in [2.05, 4.69) is 15.1 Å². The summed E-state index contributed by atoms with van der Waals surface area (Å²) in [6.45, 7) is 2.48. The van der Waals surface area contributed by atoms with Crippen molar-refractivity contribution in [1.82, 2.24) is 9.99 Å². The topological polar surface area (TPSA) is 98.8 Å². The van der Waals surface area contributed by atoms with Crippen LogP contribution in [0.2, 0.25) is 0 Å². The highest BCUT2D eigenvalue weighted by molar-refractivity contribution is 6.02. The molecule has 0 atom stereocenters. The van der Waals surface area contributed by atoms with Crippen LogP contribution >= 0.6 is 0 Å². The van der Waals surface area contributed by atoms with Crippen LogP contribution in [0.3, 0.4) is 0 Å². The fourth-order valence-electron chi connectivity index (χ4n) is 3.80. The van der Waals surface area contributed by atoms with Gasteiger partial charge in [-0.1, -0.05) is 30.3 Å². The molecule has 1 heterocycles. The van der Waals surface area contributed by atoms with Crippen LogP contribution in [0, 0.1) is 22.9 Å². The van der Waals surface area contributed by atoms with Crippen molar-refractivity contribution in [2.24, 2.45) is 5.10 Å². The van der Waals surface area contributed by atoms with Crippen molar-refractivity contribution in [2.45, 2.75) is 13.5 Å². The lowest BCUT2D eigenvalue weighted by atomic mass is 10.1. The summed E-state index contributed by atoms with van der Waals surface area (Å²) in [6.07, 6.45) is 1.54. The number of non-ortho nitro benzene ring substituents is 1. The van der Waals surface area contributed by atoms with E-state index in [1.165, 1.54) is 31.4 Å². The van der Waals surface area contributed by atoms with Gasteiger partial charge in [0.25, 0.3) is 11.6 Å². The fraction of sp³-hybridized carbons (Fsp3) is 0.120. The first-order chi connectivity index (χ1) is 16.4. The van der Waals surface area contributed by atoms with Gasteiger partial charge in [-0.3, -0.25) is 14.9 Å². The highest BCUT2D eigenvalue weighted by Gasteiger charge is 2.18. The van der Waals surface area contributed by atoms with E-state index in [1.807, 2.05) is 31.2 Å². The number of methoxy groups -OCH3 is 1. The van der Waals surface area contributed by atoms with Crippen molar-refractivity contribution in [3.8, 4) is 5.75 Å². The van der Waals surface area contributed by atoms with Gasteiger partial charge in [-0.2, -0.15) is 5.10 Å². The Bertz CT molecular complexity index is 1410. The molecule has 0 saturated heterocycles. The molecule has 4 aromatic rings. The first-order valence-electron chi connectivity index (χ1n) is 10.4. The predicted molar refractivity (Wildman–Crippen MR) is 127 cm³/mol. The molecule has 3 aromatic carbocycles. The van der Waals surface area contributed by atoms with E-state index in [4.69, 9.17) is 4.74 Å². The monoisotopic (exact) mass is 460 g/mol. The molecule has 8 nitrogen and oxygen atoms in total. The largest absolute Gasteiger partial charge is 0.496 e. The molecule has 0 aliphatic heterocycles. The second-order valence-electron chi connectivity index (χ2n) is 7.57. The number of carbonyl (C=O) groups excluding carboxylic acids is 1. The lowest BCUT2D eigenvalue weighted by molar-refractivity contribution is -0.384. The first-order valence-corrected chi connectivity index (χ1v) is 10.4. The molecule has 1 aromatic heterocycles. The molecule has 0 aliphatic rings. The Morgan fingerprint density at radius 1 is 1.18 bits per heavy atom. The number of nitro benzene ring substituents is 1. The molecule has 0 radical (unpaired) electrons. The maximum absolute atomic E-state index is 13.3. The molecule has 0 fully saturated rings. The number of hydrogen-bond donors (Lipinski definition) is 1. The minimum atomic E-state index is -0.635. The van der Waals surface area contributed by atoms with Crippen molar-refractivity contribution in [3.05, 3.63) is 105 Å². The molecular formula is C25H21FN4O4. The van der Waals surface area contributed by atoms with E-state index in [1.54, 1.807) is 18.3 Å². The van der Waals surface area contributed by atoms with Crippen LogP contribution in [0.1, 0.15) is 27.2 Å². The molecule has 0 saturated carbocycles. The van der Waals surface area contributed by atoms with Gasteiger partial charge in [-0.25, -0.2) is 9.82 Å². The van der Waals surface area contributed by atoms with Crippen LogP contribution in [0.4, 0.5) is 10.1 Å². The summed E-state index contributed by atoms with van der Waals surface area (Å²) >= 11 is 0. The number of benzene rings is 3. The number of ether oxygens (including phenoxy) is 1. The van der Waals surface area contributed by atoms with Crippen molar-refractivity contribution in [2.75, 3.05) is 7.11 Å². The molecule has 9 heteroatoms. The van der Waals surface area contributed by atoms with E-state index < -0.39 is 10.8 Å². The van der Waals surface area contributed by atoms with E-state index >= 15 is 0 Å². The summed E-state index contributed by atoms with van der Waals surface area (Å²) in [4.78, 5) is 23.1. The van der Waals surface area contributed by atoms with Crippen LogP contribution in [-0.2, 0) is 6.54 Å². The molecule has 4 rings (SSSR count). The summed E-state index contributed by atoms with van der Waals surface area (Å²) in [5.74, 6) is -0.725. The van der Waals surface area contributed by atoms with E-state index in [-0.39, 0.29) is 22.8 Å². The Hall–Kier alpha value is -4.53. The number of amides is 1. The second-order valence-corrected chi connectivity index (χ2v) is 7.57. The number of para-hydroxylation sites is 1. The molecule has 34 heavy (non-hydrogen) atoms. The molecule has 0 aliphatic carbocycles. The van der Waals surface area contributed by atoms with Gasteiger partial charge in [0, 0.05) is 40.8 Å². The number of halogens is 1. The smallest absolute Gasteiger partial charge is 0.275 e. The van der Waals surface area contributed by atoms with Gasteiger partial charge in [0.05, 0.1) is 23.8 Å². The molecule has 0 spiro atoms. The third-order valence-corrected chi connectivity index (χ3v) is 5.53. The van der Waals surface area contributed by atoms with Gasteiger partial charge in [-0.15, -0.1) is 0 Å². The first kappa shape index (κ1) is 22.7. The number of aromatic nitrogens is 1. The minimum absolute atomic E-state index is 0.00399. The highest BCUT2D eigenvalue weighted by Crippen LogP contribution is 2.26. The van der Waals surface area contributed by atoms with Crippen LogP contribution in [-0.4, -0.2) is 28.7 Å². The Kier molecular flexibility index (Phi) is 6.35. The zero-order chi connectivity index (χ0) is 24.2. The van der Waals surface area contributed by atoms with E-state index in [0.29, 0.717) is 6.54 Å². The standard InChI is InChI=1S/C25H21FN4O4/c1-16-22(14-27-28-25(31)21-13-19(30(32)33)11-12-24(21)34-2)20-5-3-4-6-23(20)29(16)15-17-7-9-18(26)10-8-17/h3-14H,15H2,1-2H3,(H,28,31)/b27-14-. The maximum atomic E-state index is 13.3. The number of nitro groups is 1. The van der Waals surface area contributed by atoms with Gasteiger partial charge in [0.15, 0.2) is 0 Å². The molecule has 1 N–H and O–H groups in total. The van der Waals surface area contributed by atoms with Crippen molar-refractivity contribution >= 4 is 28.7 Å². The van der Waals surface area contributed by atoms with Gasteiger partial charge >= 0.3 is 0 Å². The third-order valence-electron chi connectivity index (χ3n) is 5.53. The van der Waals surface area contributed by atoms with Gasteiger partial charge in [0.2, 0.25) is 0 Å². The van der Waals surface area contributed by atoms with Crippen molar-refractivity contribution < 1.29 is 18.8 Å². The fourth-order valence-corrected chi connectivity index (χ4v) is 3.80. The minimum Gasteiger partial charge on any atom is -0.496 e. The van der Waals surface area contributed by atoms with Gasteiger partial charge < -0.3 is 9.30 Å². The number of carbonyl (C=O) groups is 1. The summed E-state index contributed by atoms with van der Waals surface area (Å²) in [5.41, 5.74) is 5.84. The SMILES string of the molecule is COc1ccc([N+](=O)[O-])cc1C(=O)N/N=C\c1c(C)n(Cc2ccc(F)cc2)c2ccccc12. The lowest BCUT2D eigenvalue weighted by Crippen LogP contribution is -2.18. The summed E-state index contributed by atoms with van der Waals surface area (Å²) < 4.78 is 20.5. The zero-order valence-electron chi connectivity index (χ0n) is 18.5. The average Bonchev–Trinajstić information content (AvgIpc) is 3.10. The van der Waals surface area contributed by atoms with E-state index in [0.717, 1.165) is 33.8 Å². The van der Waals surface area contributed by atoms with Crippen LogP contribution in [0.15, 0.2) is 71.8 Å². The number of hydrogen-bond acceptors (Lipinski definition) is 5. The molecule has 0 unspecified atom stereocenters. The van der Waals surface area contributed by atoms with Crippen molar-refractivity contribution in [3.63, 3.8) is 0 Å². The normalized spacial score (nSPS) is 11.1. The predicted octanol–water partition coefficient (Wildman–Crippen LogP) is 4.82. The van der Waals surface area contributed by atoms with Crippen molar-refractivity contribution in [1.29, 1.82) is 0 Å². The Morgan fingerprint density at radius 2 is 1.91 bits per heavy atom. The maximum Gasteiger partial charge on any atom is 0.275 e. The second kappa shape index (κ2) is 9.53. The molecule has 0 bridgehead atoms. The Balaban J connectivity index is 1.63. The quantitative estimate of drug-likeness (QED) is 0.243. The molecular weight excluding hydrogens is 439 g/mol. The number of rotatable bonds is 7. The van der Waals surface area contributed by atoms with Crippen LogP contribution in [0.25, 0.3) is 10.9 Å². The number of hydrazone groups is 1. The summed E-state index contributed by atoms with van der Waals surface area (Å²) in [6, 6.07) is 17.9. The molecule has 1 amide bonds. The van der Waals surface area contributed by atoms with Gasteiger partial charge in [0.1, 0.15) is 11.6 Å². The number of nitrogens with one attached hydrogen (secondary N) is 1. The number of nitrogens with zero attached hydrogens (tertiary/aromatic N) is 3. The highest BCUT2D eigenvalue weighted by atomic mass is 19.1. The van der Waals surface area contributed by atoms with Gasteiger partial charge in [-0.05, 0) is 36.8 Å². The van der Waals surface area contributed by atoms with E-state index in [9.17, 15) is 19.3 Å². The summed E-state index contributed by atoms with van der Waals surface area (Å²) in [7, 11) is 1.38. The summed E-state index contributed by atoms with van der Waals surface area (Å²) in [5, 5.41) is 16.1. The van der Waals surface area contributed by atoms with Crippen LogP contribution < -0.4 is 10.2 Å². The zero-order valence-corrected chi connectivity index (χ0v) is 18.5. The molecule has 172 valence electrons. The Labute approximate surface area is 194 Å². The average molecular weight is 460 g/mol. The Morgan fingerprint density at radius 3 is 2.62 bits per heavy atom.